The van der Waals surface area contributed by atoms with E-state index in [0.29, 0.717) is 17.6 Å². The van der Waals surface area contributed by atoms with E-state index in [9.17, 15) is 24.9 Å². The summed E-state index contributed by atoms with van der Waals surface area (Å²) < 4.78 is 0.536. The number of amidine groups is 1. The Bertz CT molecular complexity index is 587. The molecule has 0 radical (unpaired) electrons. The summed E-state index contributed by atoms with van der Waals surface area (Å²) in [4.78, 5) is 25.9. The second-order valence-electron chi connectivity index (χ2n) is 10.00. The number of unbranched alkanes of at least 4 members (excludes halogenated alkanes) is 8. The number of carboxylic acids is 2. The maximum absolute atomic E-state index is 11.5. The van der Waals surface area contributed by atoms with Crippen molar-refractivity contribution in [1.82, 2.24) is 0 Å². The van der Waals surface area contributed by atoms with Gasteiger partial charge in [0.05, 0.1) is 33.7 Å². The summed E-state index contributed by atoms with van der Waals surface area (Å²) in [6.45, 7) is 6.90. The molecule has 0 saturated heterocycles. The van der Waals surface area contributed by atoms with Gasteiger partial charge in [0.15, 0.2) is 12.3 Å². The molecule has 1 heterocycles. The number of aliphatic hydroxyl groups is 1. The van der Waals surface area contributed by atoms with Crippen LogP contribution >= 0.6 is 0 Å². The van der Waals surface area contributed by atoms with Crippen molar-refractivity contribution in [3.63, 3.8) is 0 Å². The largest absolute Gasteiger partial charge is 0.544 e. The van der Waals surface area contributed by atoms with Crippen molar-refractivity contribution in [2.45, 2.75) is 97.2 Å². The minimum Gasteiger partial charge on any atom is -0.544 e. The summed E-state index contributed by atoms with van der Waals surface area (Å²) in [6.07, 6.45) is 11.5. The van der Waals surface area contributed by atoms with Gasteiger partial charge >= 0.3 is 5.97 Å². The van der Waals surface area contributed by atoms with Crippen molar-refractivity contribution in [3.05, 3.63) is 0 Å². The lowest BCUT2D eigenvalue weighted by atomic mass is 10.0. The second-order valence-corrected chi connectivity index (χ2v) is 10.00. The molecule has 0 aromatic heterocycles. The molecule has 2 N–H and O–H groups in total. The first-order chi connectivity index (χ1) is 14.9. The number of carbonyl (C=O) groups excluding carboxylic acids is 1. The predicted molar refractivity (Wildman–Crippen MR) is 126 cm³/mol. The van der Waals surface area contributed by atoms with Crippen LogP contribution in [0.2, 0.25) is 0 Å². The molecule has 32 heavy (non-hydrogen) atoms. The lowest BCUT2D eigenvalue weighted by Gasteiger charge is -2.40. The molecule has 1 aliphatic heterocycles. The number of aliphatic hydroxyl groups excluding tert-OH is 1. The number of hydrogen-bond acceptors (Lipinski definition) is 5. The van der Waals surface area contributed by atoms with Crippen LogP contribution in [-0.4, -0.2) is 90.0 Å². The van der Waals surface area contributed by atoms with Gasteiger partial charge in [-0.25, -0.2) is 14.3 Å². The van der Waals surface area contributed by atoms with E-state index >= 15 is 0 Å². The molecule has 1 aliphatic rings. The minimum absolute atomic E-state index is 0.0694. The Morgan fingerprint density at radius 1 is 1.03 bits per heavy atom. The molecule has 3 unspecified atom stereocenters. The third-order valence-electron chi connectivity index (χ3n) is 6.07. The fourth-order valence-corrected chi connectivity index (χ4v) is 4.21. The lowest BCUT2D eigenvalue weighted by Crippen LogP contribution is -2.64. The summed E-state index contributed by atoms with van der Waals surface area (Å²) in [5.74, 6) is -0.988. The fourth-order valence-electron chi connectivity index (χ4n) is 4.21. The summed E-state index contributed by atoms with van der Waals surface area (Å²) in [5.41, 5.74) is 0. The lowest BCUT2D eigenvalue weighted by molar-refractivity contribution is -0.897. The van der Waals surface area contributed by atoms with Gasteiger partial charge in [0.2, 0.25) is 5.84 Å². The van der Waals surface area contributed by atoms with Crippen LogP contribution < -0.4 is 5.11 Å². The Morgan fingerprint density at radius 2 is 1.53 bits per heavy atom. The van der Waals surface area contributed by atoms with Crippen molar-refractivity contribution in [3.8, 4) is 0 Å². The molecule has 188 valence electrons. The summed E-state index contributed by atoms with van der Waals surface area (Å²) in [6, 6.07) is -0.648. The van der Waals surface area contributed by atoms with Crippen LogP contribution in [0.25, 0.3) is 0 Å². The van der Waals surface area contributed by atoms with Crippen molar-refractivity contribution in [2.24, 2.45) is 4.99 Å². The molecule has 8 nitrogen and oxygen atoms in total. The Balaban J connectivity index is 0.00000102. The van der Waals surface area contributed by atoms with Crippen LogP contribution in [0.4, 0.5) is 0 Å². The number of nitrogens with zero attached hydrogens (tertiary/aromatic N) is 3. The van der Waals surface area contributed by atoms with Gasteiger partial charge in [0.1, 0.15) is 13.1 Å². The molecule has 0 fully saturated rings. The summed E-state index contributed by atoms with van der Waals surface area (Å²) in [5, 5.41) is 29.6. The Morgan fingerprint density at radius 3 is 1.91 bits per heavy atom. The van der Waals surface area contributed by atoms with E-state index < -0.39 is 24.2 Å². The Labute approximate surface area is 195 Å². The van der Waals surface area contributed by atoms with E-state index in [1.807, 2.05) is 0 Å². The van der Waals surface area contributed by atoms with E-state index in [1.54, 1.807) is 35.0 Å². The molecular formula is C24H48N3O5+. The third-order valence-corrected chi connectivity index (χ3v) is 6.07. The van der Waals surface area contributed by atoms with Crippen LogP contribution in [-0.2, 0) is 9.59 Å². The van der Waals surface area contributed by atoms with E-state index in [4.69, 9.17) is 0 Å². The van der Waals surface area contributed by atoms with Gasteiger partial charge in [-0.2, -0.15) is 0 Å². The zero-order chi connectivity index (χ0) is 24.8. The zero-order valence-corrected chi connectivity index (χ0v) is 21.3. The number of aliphatic imine (C=N–C) groups is 1. The van der Waals surface area contributed by atoms with Gasteiger partial charge in [0.25, 0.3) is 0 Å². The molecular weight excluding hydrogens is 410 g/mol. The SMILES string of the molecule is CCCCCCCCCCCC1=NCC[N+]1(C(C)O)C(C)C(=O)O.C[N+](C)(C)CC(=O)[O-]. The number of carboxylic acid groups (broad SMARTS) is 2. The first kappa shape index (κ1) is 30.5. The van der Waals surface area contributed by atoms with Gasteiger partial charge in [-0.1, -0.05) is 58.3 Å². The molecule has 0 amide bonds. The normalized spacial score (nSPS) is 20.2. The molecule has 0 aromatic carbocycles. The van der Waals surface area contributed by atoms with Gasteiger partial charge in [-0.05, 0) is 13.3 Å². The Hall–Kier alpha value is -1.51. The van der Waals surface area contributed by atoms with E-state index in [0.717, 1.165) is 25.1 Å². The number of likely N-dealkylation sites (N-methyl/N-ethyl adjacent to an activating group) is 1. The van der Waals surface area contributed by atoms with Crippen LogP contribution in [0.5, 0.6) is 0 Å². The standard InChI is InChI=1S/C19H36N2O3.C5H11NO2/c1-4-5-6-7-8-9-10-11-12-13-18-20-14-15-21(18,17(3)22)16(2)19(23)24;1-6(2,3)4-5(7)8/h16-17,22H,4-15H2,1-3H3;4H2,1-3H3/p+1. The number of hydrogen-bond donors (Lipinski definition) is 2. The fraction of sp³-hybridized carbons (Fsp3) is 0.875. The van der Waals surface area contributed by atoms with Crippen molar-refractivity contribution < 1.29 is 33.9 Å². The van der Waals surface area contributed by atoms with Crippen LogP contribution in [0.3, 0.4) is 0 Å². The van der Waals surface area contributed by atoms with Crippen LogP contribution in [0.15, 0.2) is 4.99 Å². The maximum Gasteiger partial charge on any atom is 0.362 e. The number of rotatable bonds is 15. The molecule has 0 saturated carbocycles. The van der Waals surface area contributed by atoms with Crippen LogP contribution in [0, 0.1) is 0 Å². The summed E-state index contributed by atoms with van der Waals surface area (Å²) >= 11 is 0. The highest BCUT2D eigenvalue weighted by Crippen LogP contribution is 2.27. The second kappa shape index (κ2) is 15.3. The van der Waals surface area contributed by atoms with Gasteiger partial charge < -0.3 is 24.6 Å². The third kappa shape index (κ3) is 11.4. The molecule has 1 rings (SSSR count). The molecule has 0 aliphatic carbocycles. The van der Waals surface area contributed by atoms with Gasteiger partial charge in [0, 0.05) is 13.3 Å². The highest BCUT2D eigenvalue weighted by molar-refractivity contribution is 5.81. The van der Waals surface area contributed by atoms with Crippen molar-refractivity contribution in [2.75, 3.05) is 40.8 Å². The molecule has 0 aromatic rings. The molecule has 0 bridgehead atoms. The average Bonchev–Trinajstić information content (AvgIpc) is 3.09. The first-order valence-corrected chi connectivity index (χ1v) is 12.2. The predicted octanol–water partition coefficient (Wildman–Crippen LogP) is 2.39. The minimum atomic E-state index is -1.00. The van der Waals surface area contributed by atoms with Crippen molar-refractivity contribution in [1.29, 1.82) is 0 Å². The van der Waals surface area contributed by atoms with E-state index in [1.165, 1.54) is 44.9 Å². The number of quaternary nitrogens is 2. The number of carbonyl (C=O) groups is 2. The topological polar surface area (TPSA) is 110 Å². The molecule has 8 heteroatoms. The zero-order valence-electron chi connectivity index (χ0n) is 21.3. The smallest absolute Gasteiger partial charge is 0.362 e. The van der Waals surface area contributed by atoms with Gasteiger partial charge in [-0.3, -0.25) is 0 Å². The summed E-state index contributed by atoms with van der Waals surface area (Å²) in [7, 11) is 5.40. The van der Waals surface area contributed by atoms with E-state index in [-0.39, 0.29) is 11.0 Å². The monoisotopic (exact) mass is 458 g/mol. The Kier molecular flexibility index (Phi) is 14.6. The average molecular weight is 459 g/mol. The maximum atomic E-state index is 11.5. The van der Waals surface area contributed by atoms with Crippen molar-refractivity contribution >= 4 is 17.8 Å². The van der Waals surface area contributed by atoms with E-state index in [2.05, 4.69) is 11.9 Å². The quantitative estimate of drug-likeness (QED) is 0.289. The number of aliphatic carboxylic acids is 2. The van der Waals surface area contributed by atoms with Gasteiger partial charge in [-0.15, -0.1) is 0 Å². The molecule has 0 spiro atoms. The highest BCUT2D eigenvalue weighted by atomic mass is 16.4. The van der Waals surface area contributed by atoms with Crippen LogP contribution in [0.1, 0.15) is 85.0 Å². The highest BCUT2D eigenvalue weighted by Gasteiger charge is 2.49. The first-order valence-electron chi connectivity index (χ1n) is 12.2. The molecule has 3 atom stereocenters.